The highest BCUT2D eigenvalue weighted by molar-refractivity contribution is 8.01. The van der Waals surface area contributed by atoms with Crippen molar-refractivity contribution in [2.24, 2.45) is 0 Å². The van der Waals surface area contributed by atoms with Crippen LogP contribution in [0, 0.1) is 0 Å². The molecular weight excluding hydrogens is 478 g/mol. The van der Waals surface area contributed by atoms with Gasteiger partial charge in [-0.15, -0.1) is 11.3 Å². The molecule has 0 saturated carbocycles. The van der Waals surface area contributed by atoms with Gasteiger partial charge in [-0.25, -0.2) is 4.98 Å². The van der Waals surface area contributed by atoms with E-state index in [9.17, 15) is 9.59 Å². The second-order valence-corrected chi connectivity index (χ2v) is 9.67. The van der Waals surface area contributed by atoms with Crippen LogP contribution < -0.4 is 15.0 Å². The van der Waals surface area contributed by atoms with Crippen molar-refractivity contribution in [1.29, 1.82) is 0 Å². The van der Waals surface area contributed by atoms with Gasteiger partial charge in [0.15, 0.2) is 10.9 Å². The maximum atomic E-state index is 12.5. The molecule has 0 aliphatic carbocycles. The number of hydrogen-bond acceptors (Lipinski definition) is 6. The van der Waals surface area contributed by atoms with Gasteiger partial charge < -0.3 is 15.0 Å². The van der Waals surface area contributed by atoms with Crippen molar-refractivity contribution < 1.29 is 14.3 Å². The summed E-state index contributed by atoms with van der Waals surface area (Å²) in [7, 11) is 1.76. The molecule has 0 radical (unpaired) electrons. The molecule has 0 bridgehead atoms. The molecule has 6 nitrogen and oxygen atoms in total. The molecule has 2 amide bonds. The van der Waals surface area contributed by atoms with Crippen LogP contribution in [0.5, 0.6) is 5.75 Å². The summed E-state index contributed by atoms with van der Waals surface area (Å²) >= 11 is 8.92. The maximum Gasteiger partial charge on any atom is 0.262 e. The van der Waals surface area contributed by atoms with E-state index >= 15 is 0 Å². The number of amides is 2. The zero-order valence-corrected chi connectivity index (χ0v) is 20.0. The third kappa shape index (κ3) is 6.04. The zero-order valence-electron chi connectivity index (χ0n) is 17.7. The summed E-state index contributed by atoms with van der Waals surface area (Å²) in [6, 6.07) is 22.0. The summed E-state index contributed by atoms with van der Waals surface area (Å²) in [6.45, 7) is -0.150. The molecule has 0 spiro atoms. The topological polar surface area (TPSA) is 71.5 Å². The predicted molar refractivity (Wildman–Crippen MR) is 136 cm³/mol. The number of benzene rings is 3. The summed E-state index contributed by atoms with van der Waals surface area (Å²) < 4.78 is 7.19. The summed E-state index contributed by atoms with van der Waals surface area (Å²) in [5, 5.41) is 3.27. The van der Waals surface area contributed by atoms with E-state index in [0.29, 0.717) is 16.5 Å². The minimum atomic E-state index is -0.289. The van der Waals surface area contributed by atoms with Crippen molar-refractivity contribution in [1.82, 2.24) is 4.98 Å². The fourth-order valence-corrected chi connectivity index (χ4v) is 5.17. The number of nitrogens with one attached hydrogen (secondary N) is 1. The minimum absolute atomic E-state index is 0.00284. The number of fused-ring (bicyclic) bond motifs is 1. The van der Waals surface area contributed by atoms with Crippen molar-refractivity contribution in [3.63, 3.8) is 0 Å². The molecule has 0 unspecified atom stereocenters. The van der Waals surface area contributed by atoms with Gasteiger partial charge in [0.2, 0.25) is 5.91 Å². The standard InChI is InChI=1S/C24H20ClN3O3S2/c1-28(17-7-3-2-4-8-17)23(30)15-32-24-27-19-12-11-16(13-21(19)33-24)26-22(29)14-31-20-10-6-5-9-18(20)25/h2-13H,14-15H2,1H3,(H,26,29). The molecule has 4 rings (SSSR count). The Hall–Kier alpha value is -3.07. The normalized spacial score (nSPS) is 10.7. The Morgan fingerprint density at radius 2 is 1.85 bits per heavy atom. The number of carbonyl (C=O) groups excluding carboxylic acids is 2. The lowest BCUT2D eigenvalue weighted by Gasteiger charge is -2.16. The quantitative estimate of drug-likeness (QED) is 0.315. The Labute approximate surface area is 204 Å². The number of thioether (sulfide) groups is 1. The molecule has 0 aliphatic heterocycles. The maximum absolute atomic E-state index is 12.5. The highest BCUT2D eigenvalue weighted by atomic mass is 35.5. The predicted octanol–water partition coefficient (Wildman–Crippen LogP) is 5.72. The molecule has 1 aromatic heterocycles. The number of halogens is 1. The van der Waals surface area contributed by atoms with Crippen molar-refractivity contribution in [2.45, 2.75) is 4.34 Å². The van der Waals surface area contributed by atoms with Crippen molar-refractivity contribution in [2.75, 3.05) is 29.6 Å². The van der Waals surface area contributed by atoms with E-state index in [1.165, 1.54) is 23.1 Å². The zero-order chi connectivity index (χ0) is 23.2. The average Bonchev–Trinajstić information content (AvgIpc) is 3.24. The summed E-state index contributed by atoms with van der Waals surface area (Å²) in [5.74, 6) is 0.454. The molecule has 168 valence electrons. The number of para-hydroxylation sites is 2. The lowest BCUT2D eigenvalue weighted by molar-refractivity contribution is -0.118. The lowest BCUT2D eigenvalue weighted by Crippen LogP contribution is -2.27. The summed E-state index contributed by atoms with van der Waals surface area (Å²) in [5.41, 5.74) is 2.32. The molecule has 0 fully saturated rings. The van der Waals surface area contributed by atoms with Crippen LogP contribution in [0.2, 0.25) is 5.02 Å². The third-order valence-corrected chi connectivity index (χ3v) is 7.14. The van der Waals surface area contributed by atoms with Crippen LogP contribution >= 0.6 is 34.7 Å². The van der Waals surface area contributed by atoms with Gasteiger partial charge in [0.05, 0.1) is 21.0 Å². The average molecular weight is 498 g/mol. The number of hydrogen-bond donors (Lipinski definition) is 1. The highest BCUT2D eigenvalue weighted by Crippen LogP contribution is 2.31. The second kappa shape index (κ2) is 10.7. The smallest absolute Gasteiger partial charge is 0.262 e. The number of aromatic nitrogens is 1. The van der Waals surface area contributed by atoms with E-state index in [2.05, 4.69) is 10.3 Å². The van der Waals surface area contributed by atoms with E-state index in [0.717, 1.165) is 20.2 Å². The first-order valence-corrected chi connectivity index (χ1v) is 12.2. The van der Waals surface area contributed by atoms with Gasteiger partial charge >= 0.3 is 0 Å². The van der Waals surface area contributed by atoms with Crippen LogP contribution in [0.25, 0.3) is 10.2 Å². The van der Waals surface area contributed by atoms with Crippen LogP contribution in [-0.2, 0) is 9.59 Å². The Balaban J connectivity index is 1.33. The fourth-order valence-electron chi connectivity index (χ4n) is 2.96. The van der Waals surface area contributed by atoms with Gasteiger partial charge in [0.1, 0.15) is 5.75 Å². The first-order chi connectivity index (χ1) is 16.0. The number of anilines is 2. The van der Waals surface area contributed by atoms with E-state index in [4.69, 9.17) is 16.3 Å². The third-order valence-electron chi connectivity index (χ3n) is 4.68. The van der Waals surface area contributed by atoms with E-state index in [1.807, 2.05) is 42.5 Å². The van der Waals surface area contributed by atoms with E-state index in [1.54, 1.807) is 42.3 Å². The molecule has 4 aromatic rings. The van der Waals surface area contributed by atoms with Crippen LogP contribution in [0.15, 0.2) is 77.1 Å². The lowest BCUT2D eigenvalue weighted by atomic mass is 10.3. The van der Waals surface area contributed by atoms with Crippen LogP contribution in [0.3, 0.4) is 0 Å². The minimum Gasteiger partial charge on any atom is -0.482 e. The highest BCUT2D eigenvalue weighted by Gasteiger charge is 2.14. The molecule has 9 heteroatoms. The van der Waals surface area contributed by atoms with Gasteiger partial charge in [0, 0.05) is 18.4 Å². The fraction of sp³-hybridized carbons (Fsp3) is 0.125. The first-order valence-electron chi connectivity index (χ1n) is 10.0. The summed E-state index contributed by atoms with van der Waals surface area (Å²) in [6.07, 6.45) is 0. The largest absolute Gasteiger partial charge is 0.482 e. The van der Waals surface area contributed by atoms with Gasteiger partial charge in [-0.2, -0.15) is 0 Å². The first kappa shape index (κ1) is 23.1. The SMILES string of the molecule is CN(C(=O)CSc1nc2ccc(NC(=O)COc3ccccc3Cl)cc2s1)c1ccccc1. The van der Waals surface area contributed by atoms with Crippen molar-refractivity contribution >= 4 is 68.1 Å². The van der Waals surface area contributed by atoms with Gasteiger partial charge in [-0.1, -0.05) is 53.7 Å². The Morgan fingerprint density at radius 3 is 2.64 bits per heavy atom. The number of nitrogens with zero attached hydrogens (tertiary/aromatic N) is 2. The molecule has 0 aliphatic rings. The number of carbonyl (C=O) groups is 2. The molecular formula is C24H20ClN3O3S2. The molecule has 0 atom stereocenters. The Bertz CT molecular complexity index is 1280. The van der Waals surface area contributed by atoms with Crippen LogP contribution in [-0.4, -0.2) is 36.2 Å². The van der Waals surface area contributed by atoms with Gasteiger partial charge in [0.25, 0.3) is 5.91 Å². The Kier molecular flexibility index (Phi) is 7.49. The van der Waals surface area contributed by atoms with Gasteiger partial charge in [-0.05, 0) is 42.5 Å². The number of thiazole rings is 1. The second-order valence-electron chi connectivity index (χ2n) is 7.01. The van der Waals surface area contributed by atoms with Crippen molar-refractivity contribution in [3.05, 3.63) is 77.8 Å². The van der Waals surface area contributed by atoms with E-state index < -0.39 is 0 Å². The van der Waals surface area contributed by atoms with Crippen LogP contribution in [0.4, 0.5) is 11.4 Å². The number of ether oxygens (including phenoxy) is 1. The molecule has 0 saturated heterocycles. The number of rotatable bonds is 8. The summed E-state index contributed by atoms with van der Waals surface area (Å²) in [4.78, 5) is 31.0. The van der Waals surface area contributed by atoms with Gasteiger partial charge in [-0.3, -0.25) is 9.59 Å². The molecule has 1 N–H and O–H groups in total. The molecule has 3 aromatic carbocycles. The Morgan fingerprint density at radius 1 is 1.09 bits per heavy atom. The molecule has 1 heterocycles. The van der Waals surface area contributed by atoms with E-state index in [-0.39, 0.29) is 24.2 Å². The van der Waals surface area contributed by atoms with Crippen molar-refractivity contribution in [3.8, 4) is 5.75 Å². The van der Waals surface area contributed by atoms with Crippen LogP contribution in [0.1, 0.15) is 0 Å². The molecule has 33 heavy (non-hydrogen) atoms. The monoisotopic (exact) mass is 497 g/mol.